The van der Waals surface area contributed by atoms with Crippen molar-refractivity contribution in [2.75, 3.05) is 29.4 Å². The van der Waals surface area contributed by atoms with Gasteiger partial charge < -0.3 is 20.0 Å². The van der Waals surface area contributed by atoms with Crippen LogP contribution in [0, 0.1) is 11.2 Å². The minimum atomic E-state index is -1.11. The molecule has 1 aromatic rings. The van der Waals surface area contributed by atoms with Crippen LogP contribution in [0.5, 0.6) is 0 Å². The van der Waals surface area contributed by atoms with Gasteiger partial charge in [-0.2, -0.15) is 0 Å². The number of halogens is 1. The molecule has 2 amide bonds. The molecule has 1 spiro atoms. The van der Waals surface area contributed by atoms with E-state index in [0.29, 0.717) is 24.5 Å². The third kappa shape index (κ3) is 4.17. The van der Waals surface area contributed by atoms with Crippen molar-refractivity contribution in [1.29, 1.82) is 0 Å². The van der Waals surface area contributed by atoms with E-state index in [1.165, 1.54) is 6.07 Å². The van der Waals surface area contributed by atoms with Gasteiger partial charge in [-0.15, -0.1) is 0 Å². The lowest BCUT2D eigenvalue weighted by atomic mass is 9.78. The highest BCUT2D eigenvalue weighted by atomic mass is 19.1. The summed E-state index contributed by atoms with van der Waals surface area (Å²) in [5.41, 5.74) is 0.252. The summed E-state index contributed by atoms with van der Waals surface area (Å²) in [6.07, 6.45) is 4.23. The number of aliphatic hydroxyl groups is 1. The molecule has 1 saturated carbocycles. The Kier molecular flexibility index (Phi) is 6.34. The maximum absolute atomic E-state index is 15.1. The summed E-state index contributed by atoms with van der Waals surface area (Å²) in [5.74, 6) is -0.285. The molecule has 32 heavy (non-hydrogen) atoms. The molecule has 7 nitrogen and oxygen atoms in total. The van der Waals surface area contributed by atoms with Gasteiger partial charge in [0.25, 0.3) is 0 Å². The second-order valence-corrected chi connectivity index (χ2v) is 9.90. The molecule has 0 unspecified atom stereocenters. The summed E-state index contributed by atoms with van der Waals surface area (Å²) in [4.78, 5) is 30.2. The number of anilines is 2. The number of likely N-dealkylation sites (tertiary alicyclic amines) is 1. The van der Waals surface area contributed by atoms with Gasteiger partial charge in [0, 0.05) is 31.7 Å². The summed E-state index contributed by atoms with van der Waals surface area (Å²) in [6, 6.07) is 4.46. The van der Waals surface area contributed by atoms with E-state index in [0.717, 1.165) is 56.4 Å². The smallest absolute Gasteiger partial charge is 0.412 e. The van der Waals surface area contributed by atoms with Crippen molar-refractivity contribution in [3.63, 3.8) is 0 Å². The fraction of sp³-hybridized carbons (Fsp3) is 0.667. The molecule has 1 aromatic carbocycles. The molecule has 3 aliphatic rings. The number of aliphatic hydroxyl groups excluding tert-OH is 1. The number of piperidine rings is 1. The molecule has 1 atom stereocenters. The van der Waals surface area contributed by atoms with Gasteiger partial charge in [-0.1, -0.05) is 0 Å². The molecule has 2 N–H and O–H groups in total. The van der Waals surface area contributed by atoms with E-state index in [4.69, 9.17) is 0 Å². The van der Waals surface area contributed by atoms with Crippen LogP contribution in [0.25, 0.3) is 0 Å². The Hall–Kier alpha value is -2.35. The topological polar surface area (TPSA) is 84.3 Å². The van der Waals surface area contributed by atoms with E-state index >= 15 is 4.39 Å². The molecule has 4 rings (SSSR count). The van der Waals surface area contributed by atoms with Crippen molar-refractivity contribution in [1.82, 2.24) is 4.90 Å². The SMILES string of the molecule is CC(C)N(C(=O)O)c1ccc(N2CCC[C@]3(CCN([C@H]4CC[C@H](O)CC4)C3=O)C2)c(F)c1. The van der Waals surface area contributed by atoms with Gasteiger partial charge in [0.05, 0.1) is 22.9 Å². The van der Waals surface area contributed by atoms with Crippen LogP contribution in [0.1, 0.15) is 58.8 Å². The number of carbonyl (C=O) groups is 2. The third-order valence-electron chi connectivity index (χ3n) is 7.50. The quantitative estimate of drug-likeness (QED) is 0.733. The first-order valence-electron chi connectivity index (χ1n) is 11.8. The number of nitrogens with zero attached hydrogens (tertiary/aromatic N) is 3. The van der Waals surface area contributed by atoms with Crippen LogP contribution in [0.2, 0.25) is 0 Å². The lowest BCUT2D eigenvalue weighted by molar-refractivity contribution is -0.139. The van der Waals surface area contributed by atoms with Gasteiger partial charge >= 0.3 is 6.09 Å². The van der Waals surface area contributed by atoms with Crippen LogP contribution in [0.15, 0.2) is 18.2 Å². The predicted molar refractivity (Wildman–Crippen MR) is 121 cm³/mol. The third-order valence-corrected chi connectivity index (χ3v) is 7.50. The van der Waals surface area contributed by atoms with Crippen molar-refractivity contribution in [3.05, 3.63) is 24.0 Å². The zero-order valence-corrected chi connectivity index (χ0v) is 19.0. The molecule has 3 fully saturated rings. The maximum Gasteiger partial charge on any atom is 0.412 e. The molecule has 1 aliphatic carbocycles. The van der Waals surface area contributed by atoms with Crippen LogP contribution in [-0.4, -0.2) is 64.9 Å². The Labute approximate surface area is 188 Å². The van der Waals surface area contributed by atoms with Crippen LogP contribution in [0.4, 0.5) is 20.6 Å². The average molecular weight is 448 g/mol. The Morgan fingerprint density at radius 3 is 2.53 bits per heavy atom. The Morgan fingerprint density at radius 1 is 1.19 bits per heavy atom. The second-order valence-electron chi connectivity index (χ2n) is 9.90. The van der Waals surface area contributed by atoms with Crippen LogP contribution in [-0.2, 0) is 4.79 Å². The maximum atomic E-state index is 15.1. The van der Waals surface area contributed by atoms with Crippen LogP contribution >= 0.6 is 0 Å². The molecular formula is C24H34FN3O4. The molecule has 2 aliphatic heterocycles. The highest BCUT2D eigenvalue weighted by Crippen LogP contribution is 2.44. The van der Waals surface area contributed by atoms with E-state index in [-0.39, 0.29) is 24.1 Å². The van der Waals surface area contributed by atoms with Crippen molar-refractivity contribution < 1.29 is 24.2 Å². The van der Waals surface area contributed by atoms with Gasteiger partial charge in [0.1, 0.15) is 5.82 Å². The summed E-state index contributed by atoms with van der Waals surface area (Å²) in [6.45, 7) is 5.39. The molecule has 0 aromatic heterocycles. The highest BCUT2D eigenvalue weighted by Gasteiger charge is 2.50. The van der Waals surface area contributed by atoms with Gasteiger partial charge in [0.15, 0.2) is 0 Å². The molecule has 176 valence electrons. The van der Waals surface area contributed by atoms with Crippen LogP contribution < -0.4 is 9.80 Å². The van der Waals surface area contributed by atoms with E-state index in [2.05, 4.69) is 0 Å². The molecule has 8 heteroatoms. The average Bonchev–Trinajstić information content (AvgIpc) is 3.04. The largest absolute Gasteiger partial charge is 0.465 e. The second kappa shape index (κ2) is 8.89. The zero-order chi connectivity index (χ0) is 23.0. The van der Waals surface area contributed by atoms with E-state index in [9.17, 15) is 19.8 Å². The standard InChI is InChI=1S/C24H34FN3O4/c1-16(2)28(23(31)32)18-6-9-21(20(25)14-18)26-12-3-10-24(15-26)11-13-27(22(24)30)17-4-7-19(29)8-5-17/h6,9,14,16-17,19,29H,3-5,7-8,10-13,15H2,1-2H3,(H,31,32)/t17-,19-,24-/m0/s1. The Bertz CT molecular complexity index is 871. The molecule has 0 radical (unpaired) electrons. The summed E-state index contributed by atoms with van der Waals surface area (Å²) >= 11 is 0. The van der Waals surface area contributed by atoms with Crippen molar-refractivity contribution >= 4 is 23.4 Å². The summed E-state index contributed by atoms with van der Waals surface area (Å²) in [7, 11) is 0. The molecule has 2 heterocycles. The minimum Gasteiger partial charge on any atom is -0.465 e. The van der Waals surface area contributed by atoms with E-state index < -0.39 is 17.3 Å². The number of benzene rings is 1. The molecule has 0 bridgehead atoms. The Balaban J connectivity index is 1.51. The zero-order valence-electron chi connectivity index (χ0n) is 19.0. The highest BCUT2D eigenvalue weighted by molar-refractivity contribution is 5.87. The van der Waals surface area contributed by atoms with Crippen molar-refractivity contribution in [2.45, 2.75) is 77.0 Å². The van der Waals surface area contributed by atoms with Gasteiger partial charge in [-0.25, -0.2) is 9.18 Å². The lowest BCUT2D eigenvalue weighted by Crippen LogP contribution is -2.50. The summed E-state index contributed by atoms with van der Waals surface area (Å²) < 4.78 is 15.1. The normalized spacial score (nSPS) is 28.6. The number of carboxylic acid groups (broad SMARTS) is 1. The molecular weight excluding hydrogens is 413 g/mol. The number of hydrogen-bond donors (Lipinski definition) is 2. The number of carbonyl (C=O) groups excluding carboxylic acids is 1. The van der Waals surface area contributed by atoms with E-state index in [1.54, 1.807) is 26.0 Å². The van der Waals surface area contributed by atoms with E-state index in [1.807, 2.05) is 9.80 Å². The van der Waals surface area contributed by atoms with Crippen molar-refractivity contribution in [3.8, 4) is 0 Å². The monoisotopic (exact) mass is 447 g/mol. The lowest BCUT2D eigenvalue weighted by Gasteiger charge is -2.41. The van der Waals surface area contributed by atoms with Crippen molar-refractivity contribution in [2.24, 2.45) is 5.41 Å². The minimum absolute atomic E-state index is 0.178. The fourth-order valence-corrected chi connectivity index (χ4v) is 5.81. The fourth-order valence-electron chi connectivity index (χ4n) is 5.81. The number of rotatable bonds is 4. The van der Waals surface area contributed by atoms with Crippen LogP contribution in [0.3, 0.4) is 0 Å². The van der Waals surface area contributed by atoms with Gasteiger partial charge in [-0.05, 0) is 77.0 Å². The first-order chi connectivity index (χ1) is 15.2. The van der Waals surface area contributed by atoms with Gasteiger partial charge in [0.2, 0.25) is 5.91 Å². The van der Waals surface area contributed by atoms with Gasteiger partial charge in [-0.3, -0.25) is 9.69 Å². The molecule has 2 saturated heterocycles. The predicted octanol–water partition coefficient (Wildman–Crippen LogP) is 3.84. The first-order valence-corrected chi connectivity index (χ1v) is 11.8. The Morgan fingerprint density at radius 2 is 1.91 bits per heavy atom. The number of amides is 2. The summed E-state index contributed by atoms with van der Waals surface area (Å²) in [5, 5.41) is 19.3. The number of hydrogen-bond acceptors (Lipinski definition) is 4. The first kappa shape index (κ1) is 22.8.